The summed E-state index contributed by atoms with van der Waals surface area (Å²) in [4.78, 5) is 12.0. The van der Waals surface area contributed by atoms with Crippen molar-refractivity contribution >= 4 is 23.3 Å². The van der Waals surface area contributed by atoms with Crippen LogP contribution in [-0.4, -0.2) is 31.8 Å². The van der Waals surface area contributed by atoms with Crippen LogP contribution in [0.3, 0.4) is 0 Å². The molecule has 4 nitrogen and oxygen atoms in total. The molecule has 0 saturated carbocycles. The van der Waals surface area contributed by atoms with Gasteiger partial charge in [-0.2, -0.15) is 0 Å². The molecule has 126 valence electrons. The lowest BCUT2D eigenvalue weighted by atomic mass is 9.98. The molecule has 1 N–H and O–H groups in total. The zero-order chi connectivity index (χ0) is 16.8. The van der Waals surface area contributed by atoms with Crippen molar-refractivity contribution < 1.29 is 14.3 Å². The predicted octanol–water partition coefficient (Wildman–Crippen LogP) is 4.22. The van der Waals surface area contributed by atoms with Crippen LogP contribution in [0.15, 0.2) is 24.8 Å². The quantitative estimate of drug-likeness (QED) is 0.623. The molecule has 1 aromatic rings. The maximum absolute atomic E-state index is 12.0. The second-order valence-corrected chi connectivity index (χ2v) is 6.17. The standard InChI is InChI=1S/C18H24ClNO3/c1-4-6-15-16(18(21)22-3)9-12(19)10-17(15)20-13-7-8-23-14(5-2)11-13/h4,9-10,13-14,20H,1,5-8,11H2,2-3H3. The number of nitrogens with one attached hydrogen (secondary N) is 1. The first-order chi connectivity index (χ1) is 11.1. The number of ether oxygens (including phenoxy) is 2. The van der Waals surface area contributed by atoms with Crippen molar-refractivity contribution in [3.05, 3.63) is 40.9 Å². The van der Waals surface area contributed by atoms with Gasteiger partial charge in [0.15, 0.2) is 0 Å². The number of anilines is 1. The molecular weight excluding hydrogens is 314 g/mol. The first kappa shape index (κ1) is 17.8. The van der Waals surface area contributed by atoms with E-state index in [9.17, 15) is 4.79 Å². The Labute approximate surface area is 142 Å². The minimum atomic E-state index is -0.384. The fourth-order valence-electron chi connectivity index (χ4n) is 2.94. The molecule has 0 amide bonds. The van der Waals surface area contributed by atoms with Gasteiger partial charge >= 0.3 is 5.97 Å². The third-order valence-electron chi connectivity index (χ3n) is 4.15. The molecule has 1 aliphatic rings. The minimum Gasteiger partial charge on any atom is -0.465 e. The molecule has 1 saturated heterocycles. The third-order valence-corrected chi connectivity index (χ3v) is 4.37. The number of hydrogen-bond donors (Lipinski definition) is 1. The molecule has 2 rings (SSSR count). The van der Waals surface area contributed by atoms with Crippen LogP contribution < -0.4 is 5.32 Å². The van der Waals surface area contributed by atoms with Gasteiger partial charge in [0.1, 0.15) is 0 Å². The molecule has 1 aliphatic heterocycles. The largest absolute Gasteiger partial charge is 0.465 e. The van der Waals surface area contributed by atoms with Crippen molar-refractivity contribution in [1.82, 2.24) is 0 Å². The summed E-state index contributed by atoms with van der Waals surface area (Å²) < 4.78 is 10.6. The van der Waals surface area contributed by atoms with Crippen molar-refractivity contribution in [2.75, 3.05) is 19.0 Å². The molecule has 0 spiro atoms. The van der Waals surface area contributed by atoms with Crippen molar-refractivity contribution in [2.24, 2.45) is 0 Å². The summed E-state index contributed by atoms with van der Waals surface area (Å²) in [6, 6.07) is 3.82. The van der Waals surface area contributed by atoms with Crippen molar-refractivity contribution in [2.45, 2.75) is 44.8 Å². The Bertz CT molecular complexity index is 574. The first-order valence-electron chi connectivity index (χ1n) is 7.98. The first-order valence-corrected chi connectivity index (χ1v) is 8.36. The number of rotatable bonds is 6. The highest BCUT2D eigenvalue weighted by atomic mass is 35.5. The van der Waals surface area contributed by atoms with Crippen LogP contribution in [0.5, 0.6) is 0 Å². The van der Waals surface area contributed by atoms with Crippen LogP contribution in [0.1, 0.15) is 42.1 Å². The van der Waals surface area contributed by atoms with Crippen LogP contribution in [0, 0.1) is 0 Å². The Morgan fingerprint density at radius 1 is 1.57 bits per heavy atom. The lowest BCUT2D eigenvalue weighted by Crippen LogP contribution is -2.34. The van der Waals surface area contributed by atoms with E-state index >= 15 is 0 Å². The minimum absolute atomic E-state index is 0.281. The van der Waals surface area contributed by atoms with Crippen molar-refractivity contribution in [3.8, 4) is 0 Å². The molecule has 1 fully saturated rings. The SMILES string of the molecule is C=CCc1c(NC2CCOC(CC)C2)cc(Cl)cc1C(=O)OC. The number of carbonyl (C=O) groups excluding carboxylic acids is 1. The van der Waals surface area contributed by atoms with E-state index in [1.54, 1.807) is 12.1 Å². The van der Waals surface area contributed by atoms with Crippen molar-refractivity contribution in [1.29, 1.82) is 0 Å². The lowest BCUT2D eigenvalue weighted by molar-refractivity contribution is 0.00924. The molecule has 23 heavy (non-hydrogen) atoms. The number of benzene rings is 1. The smallest absolute Gasteiger partial charge is 0.338 e. The summed E-state index contributed by atoms with van der Waals surface area (Å²) in [5, 5.41) is 4.05. The Kier molecular flexibility index (Phi) is 6.48. The number of hydrogen-bond acceptors (Lipinski definition) is 4. The Hall–Kier alpha value is -1.52. The van der Waals surface area contributed by atoms with Crippen LogP contribution in [0.4, 0.5) is 5.69 Å². The zero-order valence-electron chi connectivity index (χ0n) is 13.7. The number of allylic oxidation sites excluding steroid dienone is 1. The van der Waals surface area contributed by atoms with Gasteiger partial charge in [-0.05, 0) is 43.4 Å². The van der Waals surface area contributed by atoms with Gasteiger partial charge in [-0.3, -0.25) is 0 Å². The fraction of sp³-hybridized carbons (Fsp3) is 0.500. The number of carbonyl (C=O) groups is 1. The second-order valence-electron chi connectivity index (χ2n) is 5.73. The van der Waals surface area contributed by atoms with E-state index < -0.39 is 0 Å². The molecular formula is C18H24ClNO3. The molecule has 5 heteroatoms. The zero-order valence-corrected chi connectivity index (χ0v) is 14.5. The number of esters is 1. The molecule has 1 aromatic carbocycles. The number of methoxy groups -OCH3 is 1. The van der Waals surface area contributed by atoms with Gasteiger partial charge in [0.25, 0.3) is 0 Å². The molecule has 0 bridgehead atoms. The van der Waals surface area contributed by atoms with Gasteiger partial charge in [-0.15, -0.1) is 6.58 Å². The number of halogens is 1. The summed E-state index contributed by atoms with van der Waals surface area (Å²) in [6.07, 6.45) is 5.52. The van der Waals surface area contributed by atoms with Gasteiger partial charge in [0.2, 0.25) is 0 Å². The van der Waals surface area contributed by atoms with E-state index in [0.717, 1.165) is 37.1 Å². The van der Waals surface area contributed by atoms with Gasteiger partial charge in [-0.1, -0.05) is 24.6 Å². The maximum atomic E-state index is 12.0. The summed E-state index contributed by atoms with van der Waals surface area (Å²) in [5.41, 5.74) is 2.23. The van der Waals surface area contributed by atoms with E-state index in [0.29, 0.717) is 23.0 Å². The Balaban J connectivity index is 2.30. The molecule has 2 atom stereocenters. The van der Waals surface area contributed by atoms with E-state index in [2.05, 4.69) is 18.8 Å². The molecule has 2 unspecified atom stereocenters. The van der Waals surface area contributed by atoms with Gasteiger partial charge < -0.3 is 14.8 Å². The van der Waals surface area contributed by atoms with E-state index in [1.807, 2.05) is 6.07 Å². The summed E-state index contributed by atoms with van der Waals surface area (Å²) in [5.74, 6) is -0.384. The second kappa shape index (κ2) is 8.37. The Morgan fingerprint density at radius 3 is 3.00 bits per heavy atom. The van der Waals surface area contributed by atoms with Crippen LogP contribution in [0.2, 0.25) is 5.02 Å². The van der Waals surface area contributed by atoms with Crippen molar-refractivity contribution in [3.63, 3.8) is 0 Å². The average molecular weight is 338 g/mol. The van der Waals surface area contributed by atoms with Crippen LogP contribution in [-0.2, 0) is 15.9 Å². The summed E-state index contributed by atoms with van der Waals surface area (Å²) in [7, 11) is 1.37. The molecule has 0 aromatic heterocycles. The third kappa shape index (κ3) is 4.49. The maximum Gasteiger partial charge on any atom is 0.338 e. The highest BCUT2D eigenvalue weighted by Crippen LogP contribution is 2.29. The van der Waals surface area contributed by atoms with Gasteiger partial charge in [-0.25, -0.2) is 4.79 Å². The normalized spacial score (nSPS) is 20.8. The van der Waals surface area contributed by atoms with Gasteiger partial charge in [0.05, 0.1) is 18.8 Å². The highest BCUT2D eigenvalue weighted by Gasteiger charge is 2.23. The lowest BCUT2D eigenvalue weighted by Gasteiger charge is -2.31. The predicted molar refractivity (Wildman–Crippen MR) is 93.4 cm³/mol. The fourth-order valence-corrected chi connectivity index (χ4v) is 3.16. The van der Waals surface area contributed by atoms with Gasteiger partial charge in [0, 0.05) is 23.4 Å². The summed E-state index contributed by atoms with van der Waals surface area (Å²) >= 11 is 6.20. The topological polar surface area (TPSA) is 47.6 Å². The molecule has 1 heterocycles. The monoisotopic (exact) mass is 337 g/mol. The van der Waals surface area contributed by atoms with E-state index in [1.165, 1.54) is 7.11 Å². The Morgan fingerprint density at radius 2 is 2.35 bits per heavy atom. The average Bonchev–Trinajstić information content (AvgIpc) is 2.56. The van der Waals surface area contributed by atoms with Crippen LogP contribution in [0.25, 0.3) is 0 Å². The van der Waals surface area contributed by atoms with E-state index in [4.69, 9.17) is 21.1 Å². The summed E-state index contributed by atoms with van der Waals surface area (Å²) in [6.45, 7) is 6.66. The molecule has 0 radical (unpaired) electrons. The molecule has 0 aliphatic carbocycles. The van der Waals surface area contributed by atoms with E-state index in [-0.39, 0.29) is 12.1 Å². The van der Waals surface area contributed by atoms with Crippen LogP contribution >= 0.6 is 11.6 Å². The highest BCUT2D eigenvalue weighted by molar-refractivity contribution is 6.31.